The second-order valence-corrected chi connectivity index (χ2v) is 4.28. The van der Waals surface area contributed by atoms with E-state index >= 15 is 0 Å². The molecule has 2 rings (SSSR count). The molecular formula is C14H17N5O2. The average molecular weight is 287 g/mol. The number of carbonyl (C=O) groups is 1. The van der Waals surface area contributed by atoms with Gasteiger partial charge in [-0.25, -0.2) is 10.8 Å². The number of rotatable bonds is 5. The summed E-state index contributed by atoms with van der Waals surface area (Å²) < 4.78 is 5.73. The van der Waals surface area contributed by atoms with Crippen molar-refractivity contribution in [3.8, 4) is 11.6 Å². The molecule has 0 aliphatic heterocycles. The van der Waals surface area contributed by atoms with Crippen LogP contribution in [0.5, 0.6) is 11.6 Å². The van der Waals surface area contributed by atoms with E-state index in [-0.39, 0.29) is 5.91 Å². The van der Waals surface area contributed by atoms with Crippen molar-refractivity contribution in [2.24, 2.45) is 5.84 Å². The molecule has 0 bridgehead atoms. The number of ether oxygens (including phenoxy) is 1. The Bertz CT molecular complexity index is 623. The number of aryl methyl sites for hydroxylation is 1. The summed E-state index contributed by atoms with van der Waals surface area (Å²) in [6, 6.07) is 8.70. The quantitative estimate of drug-likeness (QED) is 0.574. The van der Waals surface area contributed by atoms with Crippen LogP contribution in [0.1, 0.15) is 19.7 Å². The van der Waals surface area contributed by atoms with Gasteiger partial charge >= 0.3 is 0 Å². The summed E-state index contributed by atoms with van der Waals surface area (Å²) in [5.41, 5.74) is 3.05. The van der Waals surface area contributed by atoms with Crippen LogP contribution in [0.4, 0.5) is 11.5 Å². The maximum absolute atomic E-state index is 11.2. The van der Waals surface area contributed by atoms with E-state index in [1.807, 2.05) is 19.1 Å². The Labute approximate surface area is 122 Å². The van der Waals surface area contributed by atoms with Crippen LogP contribution in [0.2, 0.25) is 0 Å². The van der Waals surface area contributed by atoms with Gasteiger partial charge in [-0.2, -0.15) is 4.98 Å². The van der Waals surface area contributed by atoms with Gasteiger partial charge in [0, 0.05) is 19.4 Å². The molecular weight excluding hydrogens is 270 g/mol. The molecule has 0 fully saturated rings. The molecule has 0 saturated heterocycles. The molecule has 4 N–H and O–H groups in total. The number of amides is 1. The SMILES string of the molecule is CCc1nc(NN)cc(Oc2ccccc2NC(C)=O)n1. The third-order valence-corrected chi connectivity index (χ3v) is 2.63. The van der Waals surface area contributed by atoms with Crippen LogP contribution in [-0.4, -0.2) is 15.9 Å². The summed E-state index contributed by atoms with van der Waals surface area (Å²) in [5.74, 6) is 7.13. The highest BCUT2D eigenvalue weighted by atomic mass is 16.5. The summed E-state index contributed by atoms with van der Waals surface area (Å²) in [6.45, 7) is 3.37. The standard InChI is InChI=1S/C14H17N5O2/c1-3-12-17-13(19-15)8-14(18-12)21-11-7-5-4-6-10(11)16-9(2)20/h4-8H,3,15H2,1-2H3,(H,16,20)(H,17,18,19). The predicted octanol–water partition coefficient (Wildman–Crippen LogP) is 2.08. The Morgan fingerprint density at radius 1 is 1.33 bits per heavy atom. The molecule has 7 heteroatoms. The third kappa shape index (κ3) is 3.90. The minimum absolute atomic E-state index is 0.174. The van der Waals surface area contributed by atoms with Gasteiger partial charge in [0.1, 0.15) is 11.6 Å². The van der Waals surface area contributed by atoms with E-state index in [4.69, 9.17) is 10.6 Å². The van der Waals surface area contributed by atoms with Crippen molar-refractivity contribution in [2.75, 3.05) is 10.7 Å². The summed E-state index contributed by atoms with van der Waals surface area (Å²) in [6.07, 6.45) is 0.652. The molecule has 0 aliphatic carbocycles. The Balaban J connectivity index is 2.31. The highest BCUT2D eigenvalue weighted by molar-refractivity contribution is 5.90. The van der Waals surface area contributed by atoms with E-state index in [0.29, 0.717) is 35.4 Å². The first-order valence-corrected chi connectivity index (χ1v) is 6.51. The molecule has 110 valence electrons. The fraction of sp³-hybridized carbons (Fsp3) is 0.214. The first-order chi connectivity index (χ1) is 10.1. The number of carbonyl (C=O) groups excluding carboxylic acids is 1. The fourth-order valence-corrected chi connectivity index (χ4v) is 1.72. The lowest BCUT2D eigenvalue weighted by molar-refractivity contribution is -0.114. The third-order valence-electron chi connectivity index (χ3n) is 2.63. The van der Waals surface area contributed by atoms with Crippen LogP contribution >= 0.6 is 0 Å². The summed E-state index contributed by atoms with van der Waals surface area (Å²) in [5, 5.41) is 2.70. The molecule has 1 amide bonds. The number of benzene rings is 1. The molecule has 0 radical (unpaired) electrons. The van der Waals surface area contributed by atoms with E-state index in [1.165, 1.54) is 6.92 Å². The van der Waals surface area contributed by atoms with Gasteiger partial charge in [0.05, 0.1) is 5.69 Å². The molecule has 0 aliphatic rings. The van der Waals surface area contributed by atoms with Crippen molar-refractivity contribution in [1.29, 1.82) is 0 Å². The maximum Gasteiger partial charge on any atom is 0.224 e. The van der Waals surface area contributed by atoms with Crippen molar-refractivity contribution in [2.45, 2.75) is 20.3 Å². The zero-order chi connectivity index (χ0) is 15.2. The Hall–Kier alpha value is -2.67. The molecule has 0 atom stereocenters. The Morgan fingerprint density at radius 3 is 2.76 bits per heavy atom. The lowest BCUT2D eigenvalue weighted by atomic mass is 10.3. The van der Waals surface area contributed by atoms with Gasteiger partial charge in [-0.1, -0.05) is 19.1 Å². The van der Waals surface area contributed by atoms with Crippen molar-refractivity contribution in [3.63, 3.8) is 0 Å². The van der Waals surface area contributed by atoms with Gasteiger partial charge in [0.2, 0.25) is 11.8 Å². The molecule has 21 heavy (non-hydrogen) atoms. The second-order valence-electron chi connectivity index (χ2n) is 4.28. The molecule has 1 aromatic carbocycles. The number of anilines is 2. The minimum atomic E-state index is -0.174. The van der Waals surface area contributed by atoms with Crippen LogP contribution in [-0.2, 0) is 11.2 Å². The largest absolute Gasteiger partial charge is 0.437 e. The van der Waals surface area contributed by atoms with E-state index in [9.17, 15) is 4.79 Å². The highest BCUT2D eigenvalue weighted by Crippen LogP contribution is 2.29. The Morgan fingerprint density at radius 2 is 2.10 bits per heavy atom. The number of aromatic nitrogens is 2. The van der Waals surface area contributed by atoms with Gasteiger partial charge < -0.3 is 15.5 Å². The monoisotopic (exact) mass is 287 g/mol. The molecule has 0 unspecified atom stereocenters. The normalized spacial score (nSPS) is 10.0. The van der Waals surface area contributed by atoms with Gasteiger partial charge in [0.15, 0.2) is 5.75 Å². The number of hydrogen-bond acceptors (Lipinski definition) is 6. The van der Waals surface area contributed by atoms with Crippen molar-refractivity contribution < 1.29 is 9.53 Å². The number of nitrogens with two attached hydrogens (primary N) is 1. The van der Waals surface area contributed by atoms with E-state index in [0.717, 1.165) is 0 Å². The molecule has 0 saturated carbocycles. The highest BCUT2D eigenvalue weighted by Gasteiger charge is 2.09. The zero-order valence-corrected chi connectivity index (χ0v) is 11.9. The molecule has 7 nitrogen and oxygen atoms in total. The van der Waals surface area contributed by atoms with Crippen LogP contribution < -0.4 is 21.3 Å². The number of hydrogen-bond donors (Lipinski definition) is 3. The van der Waals surface area contributed by atoms with Crippen LogP contribution in [0.3, 0.4) is 0 Å². The number of nitrogens with one attached hydrogen (secondary N) is 2. The summed E-state index contributed by atoms with van der Waals surface area (Å²) in [4.78, 5) is 19.7. The van der Waals surface area contributed by atoms with Crippen molar-refractivity contribution in [3.05, 3.63) is 36.2 Å². The van der Waals surface area contributed by atoms with E-state index < -0.39 is 0 Å². The molecule has 1 heterocycles. The fourth-order valence-electron chi connectivity index (χ4n) is 1.72. The van der Waals surface area contributed by atoms with E-state index in [1.54, 1.807) is 18.2 Å². The van der Waals surface area contributed by atoms with Gasteiger partial charge in [0.25, 0.3) is 0 Å². The van der Waals surface area contributed by atoms with Crippen molar-refractivity contribution in [1.82, 2.24) is 9.97 Å². The topological polar surface area (TPSA) is 102 Å². The number of hydrazine groups is 1. The van der Waals surface area contributed by atoms with Crippen LogP contribution in [0.15, 0.2) is 30.3 Å². The van der Waals surface area contributed by atoms with Crippen LogP contribution in [0, 0.1) is 0 Å². The number of nitrogens with zero attached hydrogens (tertiary/aromatic N) is 2. The lowest BCUT2D eigenvalue weighted by Crippen LogP contribution is -2.11. The maximum atomic E-state index is 11.2. The summed E-state index contributed by atoms with van der Waals surface area (Å²) >= 11 is 0. The van der Waals surface area contributed by atoms with Gasteiger partial charge in [-0.15, -0.1) is 0 Å². The van der Waals surface area contributed by atoms with Gasteiger partial charge in [-0.05, 0) is 12.1 Å². The average Bonchev–Trinajstić information content (AvgIpc) is 2.48. The Kier molecular flexibility index (Phi) is 4.68. The second kappa shape index (κ2) is 6.67. The molecule has 2 aromatic rings. The lowest BCUT2D eigenvalue weighted by Gasteiger charge is -2.12. The van der Waals surface area contributed by atoms with E-state index in [2.05, 4.69) is 20.7 Å². The first kappa shape index (κ1) is 14.7. The zero-order valence-electron chi connectivity index (χ0n) is 11.9. The minimum Gasteiger partial charge on any atom is -0.437 e. The smallest absolute Gasteiger partial charge is 0.224 e. The molecule has 0 spiro atoms. The summed E-state index contributed by atoms with van der Waals surface area (Å²) in [7, 11) is 0. The van der Waals surface area contributed by atoms with Crippen LogP contribution in [0.25, 0.3) is 0 Å². The number of nitrogen functional groups attached to an aromatic ring is 1. The first-order valence-electron chi connectivity index (χ1n) is 6.51. The predicted molar refractivity (Wildman–Crippen MR) is 80.0 cm³/mol. The van der Waals surface area contributed by atoms with Crippen molar-refractivity contribution >= 4 is 17.4 Å². The number of para-hydroxylation sites is 2. The van der Waals surface area contributed by atoms with Gasteiger partial charge in [-0.3, -0.25) is 4.79 Å². The molecule has 1 aromatic heterocycles.